The number of halogens is 1. The lowest BCUT2D eigenvalue weighted by atomic mass is 10.3. The molecule has 0 saturated carbocycles. The molecule has 0 spiro atoms. The fraction of sp³-hybridized carbons (Fsp3) is 1.00. The van der Waals surface area contributed by atoms with Gasteiger partial charge in [-0.15, -0.1) is 0 Å². The molecule has 0 aromatic carbocycles. The number of nitrogens with two attached hydrogens (primary N) is 1. The van der Waals surface area contributed by atoms with Crippen molar-refractivity contribution < 1.29 is 16.9 Å². The number of quaternary nitrogens is 1. The Bertz CT molecular complexity index is 81.7. The number of likely N-dealkylation sites (N-methyl/N-ethyl adjacent to an activating group) is 1. The number of hydrogen-bond donors (Lipinski definition) is 1. The molecule has 0 unspecified atom stereocenters. The van der Waals surface area contributed by atoms with Crippen LogP contribution in [-0.2, 0) is 0 Å². The van der Waals surface area contributed by atoms with Crippen molar-refractivity contribution >= 4 is 0 Å². The van der Waals surface area contributed by atoms with Gasteiger partial charge in [-0.05, 0) is 13.8 Å². The molecule has 3 heteroatoms. The van der Waals surface area contributed by atoms with Crippen molar-refractivity contribution in [2.45, 2.75) is 19.9 Å². The van der Waals surface area contributed by atoms with Crippen molar-refractivity contribution in [2.24, 2.45) is 5.73 Å². The Labute approximate surface area is 70.4 Å². The van der Waals surface area contributed by atoms with Crippen LogP contribution in [0.5, 0.6) is 0 Å². The molecule has 0 radical (unpaired) electrons. The highest BCUT2D eigenvalue weighted by Crippen LogP contribution is 2.02. The van der Waals surface area contributed by atoms with E-state index in [1.54, 1.807) is 0 Å². The molecule has 0 aromatic rings. The average Bonchev–Trinajstić information content (AvgIpc) is 1.65. The largest absolute Gasteiger partial charge is 1.00 e. The molecular formula is C7H19ClN2. The molecule has 0 heterocycles. The van der Waals surface area contributed by atoms with E-state index in [4.69, 9.17) is 5.73 Å². The van der Waals surface area contributed by atoms with Crippen molar-refractivity contribution in [3.8, 4) is 0 Å². The fourth-order valence-corrected chi connectivity index (χ4v) is 0.591. The van der Waals surface area contributed by atoms with Gasteiger partial charge in [-0.2, -0.15) is 0 Å². The molecule has 0 bridgehead atoms. The second-order valence-electron chi connectivity index (χ2n) is 3.38. The summed E-state index contributed by atoms with van der Waals surface area (Å²) in [4.78, 5) is 0. The van der Waals surface area contributed by atoms with Crippen LogP contribution in [0.2, 0.25) is 0 Å². The lowest BCUT2D eigenvalue weighted by Crippen LogP contribution is -3.00. The van der Waals surface area contributed by atoms with Gasteiger partial charge in [0.1, 0.15) is 0 Å². The molecule has 0 amide bonds. The van der Waals surface area contributed by atoms with E-state index in [0.717, 1.165) is 17.6 Å². The third kappa shape index (κ3) is 4.09. The van der Waals surface area contributed by atoms with E-state index in [1.165, 1.54) is 0 Å². The highest BCUT2D eigenvalue weighted by molar-refractivity contribution is 4.40. The van der Waals surface area contributed by atoms with Gasteiger partial charge >= 0.3 is 0 Å². The highest BCUT2D eigenvalue weighted by atomic mass is 35.5. The first-order chi connectivity index (χ1) is 4.00. The molecule has 0 fully saturated rings. The molecule has 2 nitrogen and oxygen atoms in total. The summed E-state index contributed by atoms with van der Waals surface area (Å²) in [6, 6.07) is 0.675. The predicted octanol–water partition coefficient (Wildman–Crippen LogP) is -2.57. The Balaban J connectivity index is 0. The predicted molar refractivity (Wildman–Crippen MR) is 41.2 cm³/mol. The molecule has 64 valence electrons. The van der Waals surface area contributed by atoms with Crippen molar-refractivity contribution in [3.63, 3.8) is 0 Å². The monoisotopic (exact) mass is 166 g/mol. The molecular weight excluding hydrogens is 148 g/mol. The van der Waals surface area contributed by atoms with E-state index < -0.39 is 0 Å². The van der Waals surface area contributed by atoms with Crippen molar-refractivity contribution in [1.82, 2.24) is 0 Å². The summed E-state index contributed by atoms with van der Waals surface area (Å²) in [5, 5.41) is 0. The van der Waals surface area contributed by atoms with Crippen molar-refractivity contribution in [2.75, 3.05) is 27.2 Å². The summed E-state index contributed by atoms with van der Waals surface area (Å²) in [6.07, 6.45) is 0. The summed E-state index contributed by atoms with van der Waals surface area (Å²) in [7, 11) is 4.41. The second-order valence-corrected chi connectivity index (χ2v) is 3.38. The van der Waals surface area contributed by atoms with Crippen LogP contribution in [0.4, 0.5) is 0 Å². The van der Waals surface area contributed by atoms with Gasteiger partial charge in [-0.1, -0.05) is 0 Å². The molecule has 0 rings (SSSR count). The minimum Gasteiger partial charge on any atom is -1.00 e. The van der Waals surface area contributed by atoms with Gasteiger partial charge in [0.05, 0.1) is 26.7 Å². The van der Waals surface area contributed by atoms with Crippen molar-refractivity contribution in [1.29, 1.82) is 0 Å². The standard InChI is InChI=1S/C7H19N2.ClH/c1-7(2)9(3,4)6-5-8;/h7H,5-6,8H2,1-4H3;1H/q+1;/p-1. The summed E-state index contributed by atoms with van der Waals surface area (Å²) in [5.74, 6) is 0. The SMILES string of the molecule is CC(C)[N+](C)(C)CCN.[Cl-]. The Morgan fingerprint density at radius 2 is 1.70 bits per heavy atom. The first-order valence-electron chi connectivity index (χ1n) is 3.53. The van der Waals surface area contributed by atoms with Gasteiger partial charge in [0.25, 0.3) is 0 Å². The first kappa shape index (κ1) is 12.8. The lowest BCUT2D eigenvalue weighted by molar-refractivity contribution is -0.909. The highest BCUT2D eigenvalue weighted by Gasteiger charge is 2.17. The van der Waals surface area contributed by atoms with E-state index in [1.807, 2.05) is 0 Å². The topological polar surface area (TPSA) is 26.0 Å². The summed E-state index contributed by atoms with van der Waals surface area (Å²) >= 11 is 0. The smallest absolute Gasteiger partial charge is 0.0909 e. The van der Waals surface area contributed by atoms with Gasteiger partial charge < -0.3 is 22.6 Å². The molecule has 0 aliphatic carbocycles. The molecule has 2 N–H and O–H groups in total. The van der Waals surface area contributed by atoms with E-state index in [2.05, 4.69) is 27.9 Å². The molecule has 0 saturated heterocycles. The Hall–Kier alpha value is 0.210. The quantitative estimate of drug-likeness (QED) is 0.459. The third-order valence-electron chi connectivity index (χ3n) is 2.10. The van der Waals surface area contributed by atoms with Crippen LogP contribution in [0.25, 0.3) is 0 Å². The summed E-state index contributed by atoms with van der Waals surface area (Å²) < 4.78 is 1.02. The van der Waals surface area contributed by atoms with Crippen LogP contribution in [0, 0.1) is 0 Å². The Morgan fingerprint density at radius 1 is 1.30 bits per heavy atom. The van der Waals surface area contributed by atoms with Crippen LogP contribution in [0.15, 0.2) is 0 Å². The molecule has 0 aromatic heterocycles. The minimum atomic E-state index is 0. The van der Waals surface area contributed by atoms with Gasteiger partial charge in [-0.3, -0.25) is 0 Å². The number of nitrogens with zero attached hydrogens (tertiary/aromatic N) is 1. The van der Waals surface area contributed by atoms with Gasteiger partial charge in [0, 0.05) is 6.54 Å². The minimum absolute atomic E-state index is 0. The van der Waals surface area contributed by atoms with Crippen LogP contribution in [-0.4, -0.2) is 37.7 Å². The zero-order valence-electron chi connectivity index (χ0n) is 7.39. The molecule has 0 aliphatic heterocycles. The number of hydrogen-bond acceptors (Lipinski definition) is 1. The fourth-order valence-electron chi connectivity index (χ4n) is 0.591. The zero-order valence-corrected chi connectivity index (χ0v) is 8.15. The lowest BCUT2D eigenvalue weighted by Gasteiger charge is -2.33. The van der Waals surface area contributed by atoms with Crippen LogP contribution < -0.4 is 18.1 Å². The van der Waals surface area contributed by atoms with Gasteiger partial charge in [0.2, 0.25) is 0 Å². The molecule has 0 aliphatic rings. The zero-order chi connectivity index (χ0) is 7.49. The van der Waals surface area contributed by atoms with Crippen molar-refractivity contribution in [3.05, 3.63) is 0 Å². The van der Waals surface area contributed by atoms with E-state index in [0.29, 0.717) is 6.04 Å². The Kier molecular flexibility index (Phi) is 6.35. The number of rotatable bonds is 3. The summed E-state index contributed by atoms with van der Waals surface area (Å²) in [5.41, 5.74) is 5.44. The summed E-state index contributed by atoms with van der Waals surface area (Å²) in [6.45, 7) is 6.29. The van der Waals surface area contributed by atoms with E-state index in [-0.39, 0.29) is 12.4 Å². The van der Waals surface area contributed by atoms with E-state index >= 15 is 0 Å². The van der Waals surface area contributed by atoms with E-state index in [9.17, 15) is 0 Å². The average molecular weight is 167 g/mol. The second kappa shape index (κ2) is 4.94. The van der Waals surface area contributed by atoms with Crippen LogP contribution in [0.1, 0.15) is 13.8 Å². The Morgan fingerprint density at radius 3 is 1.80 bits per heavy atom. The van der Waals surface area contributed by atoms with Gasteiger partial charge in [-0.25, -0.2) is 0 Å². The molecule has 0 atom stereocenters. The van der Waals surface area contributed by atoms with Gasteiger partial charge in [0.15, 0.2) is 0 Å². The van der Waals surface area contributed by atoms with Crippen LogP contribution >= 0.6 is 0 Å². The molecule has 10 heavy (non-hydrogen) atoms. The maximum Gasteiger partial charge on any atom is 0.0909 e. The third-order valence-corrected chi connectivity index (χ3v) is 2.10. The maximum absolute atomic E-state index is 5.44. The first-order valence-corrected chi connectivity index (χ1v) is 3.53. The van der Waals surface area contributed by atoms with Crippen LogP contribution in [0.3, 0.4) is 0 Å². The maximum atomic E-state index is 5.44. The normalized spacial score (nSPS) is 11.4.